The van der Waals surface area contributed by atoms with Gasteiger partial charge in [0.2, 0.25) is 0 Å². The number of carbonyl (C=O) groups is 1. The molecule has 4 heteroatoms. The highest BCUT2D eigenvalue weighted by molar-refractivity contribution is 5.78. The molecule has 2 heterocycles. The Hall–Kier alpha value is -2.10. The van der Waals surface area contributed by atoms with Gasteiger partial charge in [-0.1, -0.05) is 12.2 Å². The quantitative estimate of drug-likeness (QED) is 0.725. The first-order chi connectivity index (χ1) is 10.7. The van der Waals surface area contributed by atoms with Crippen molar-refractivity contribution in [2.45, 2.75) is 37.6 Å². The van der Waals surface area contributed by atoms with Crippen molar-refractivity contribution in [1.82, 2.24) is 9.88 Å². The minimum atomic E-state index is -0.183. The summed E-state index contributed by atoms with van der Waals surface area (Å²) in [7, 11) is 0. The van der Waals surface area contributed by atoms with E-state index in [9.17, 15) is 4.79 Å². The Morgan fingerprint density at radius 3 is 2.77 bits per heavy atom. The Bertz CT molecular complexity index is 503. The molecule has 1 aliphatic heterocycles. The minimum Gasteiger partial charge on any atom is -0.482 e. The Labute approximate surface area is 132 Å². The predicted molar refractivity (Wildman–Crippen MR) is 87.7 cm³/mol. The van der Waals surface area contributed by atoms with Crippen LogP contribution >= 0.6 is 0 Å². The standard InChI is InChI=1S/C18H24N2O2/c1-3-9-18(10-4-2)11-5-6-13-20(18)17(21)15-22-16-8-7-12-19-14-16/h3-4,7-8,12,14H,1-2,5-6,9-11,13,15H2. The molecule has 0 bridgehead atoms. The van der Waals surface area contributed by atoms with Crippen molar-refractivity contribution in [3.63, 3.8) is 0 Å². The molecule has 22 heavy (non-hydrogen) atoms. The van der Waals surface area contributed by atoms with Crippen LogP contribution in [0.4, 0.5) is 0 Å². The summed E-state index contributed by atoms with van der Waals surface area (Å²) < 4.78 is 5.57. The number of rotatable bonds is 7. The molecule has 0 saturated carbocycles. The number of amides is 1. The predicted octanol–water partition coefficient (Wildman–Crippen LogP) is 3.36. The van der Waals surface area contributed by atoms with Gasteiger partial charge in [0, 0.05) is 18.3 Å². The largest absolute Gasteiger partial charge is 0.482 e. The highest BCUT2D eigenvalue weighted by Crippen LogP contribution is 2.35. The Morgan fingerprint density at radius 2 is 2.14 bits per heavy atom. The maximum absolute atomic E-state index is 12.6. The molecule has 0 aliphatic carbocycles. The molecular formula is C18H24N2O2. The summed E-state index contributed by atoms with van der Waals surface area (Å²) in [6.07, 6.45) is 11.8. The van der Waals surface area contributed by atoms with Crippen molar-refractivity contribution in [2.75, 3.05) is 13.2 Å². The topological polar surface area (TPSA) is 42.4 Å². The number of ether oxygens (including phenoxy) is 1. The van der Waals surface area contributed by atoms with E-state index in [1.807, 2.05) is 17.1 Å². The van der Waals surface area contributed by atoms with Crippen LogP contribution in [-0.4, -0.2) is 34.5 Å². The van der Waals surface area contributed by atoms with E-state index >= 15 is 0 Å². The molecule has 0 radical (unpaired) electrons. The molecule has 0 spiro atoms. The van der Waals surface area contributed by atoms with E-state index in [2.05, 4.69) is 18.1 Å². The van der Waals surface area contributed by atoms with Crippen LogP contribution in [0.1, 0.15) is 32.1 Å². The van der Waals surface area contributed by atoms with Gasteiger partial charge < -0.3 is 9.64 Å². The molecule has 0 atom stereocenters. The van der Waals surface area contributed by atoms with Gasteiger partial charge in [-0.2, -0.15) is 0 Å². The van der Waals surface area contributed by atoms with E-state index in [0.717, 1.165) is 38.6 Å². The van der Waals surface area contributed by atoms with Crippen LogP contribution in [0.25, 0.3) is 0 Å². The number of hydrogen-bond acceptors (Lipinski definition) is 3. The van der Waals surface area contributed by atoms with Crippen LogP contribution in [0.15, 0.2) is 49.8 Å². The number of nitrogens with zero attached hydrogens (tertiary/aromatic N) is 2. The molecule has 0 aromatic carbocycles. The summed E-state index contributed by atoms with van der Waals surface area (Å²) >= 11 is 0. The number of piperidine rings is 1. The van der Waals surface area contributed by atoms with Crippen molar-refractivity contribution in [3.05, 3.63) is 49.8 Å². The lowest BCUT2D eigenvalue weighted by molar-refractivity contribution is -0.142. The van der Waals surface area contributed by atoms with Gasteiger partial charge in [0.1, 0.15) is 5.75 Å². The van der Waals surface area contributed by atoms with Crippen LogP contribution < -0.4 is 4.74 Å². The number of aromatic nitrogens is 1. The van der Waals surface area contributed by atoms with Gasteiger partial charge in [-0.3, -0.25) is 9.78 Å². The second-order valence-corrected chi connectivity index (χ2v) is 5.69. The highest BCUT2D eigenvalue weighted by atomic mass is 16.5. The van der Waals surface area contributed by atoms with Gasteiger partial charge in [-0.15, -0.1) is 13.2 Å². The molecule has 0 unspecified atom stereocenters. The average molecular weight is 300 g/mol. The molecule has 4 nitrogen and oxygen atoms in total. The van der Waals surface area contributed by atoms with E-state index in [1.54, 1.807) is 24.5 Å². The monoisotopic (exact) mass is 300 g/mol. The van der Waals surface area contributed by atoms with Gasteiger partial charge in [0.25, 0.3) is 5.91 Å². The third kappa shape index (κ3) is 3.75. The third-order valence-electron chi connectivity index (χ3n) is 4.19. The second kappa shape index (κ2) is 7.78. The maximum Gasteiger partial charge on any atom is 0.260 e. The first-order valence-electron chi connectivity index (χ1n) is 7.77. The van der Waals surface area contributed by atoms with E-state index in [-0.39, 0.29) is 18.1 Å². The summed E-state index contributed by atoms with van der Waals surface area (Å²) in [5.74, 6) is 0.637. The van der Waals surface area contributed by atoms with Crippen LogP contribution in [0.3, 0.4) is 0 Å². The lowest BCUT2D eigenvalue weighted by Crippen LogP contribution is -2.55. The second-order valence-electron chi connectivity index (χ2n) is 5.69. The van der Waals surface area contributed by atoms with Crippen LogP contribution in [0.2, 0.25) is 0 Å². The first kappa shape index (κ1) is 16.3. The number of likely N-dealkylation sites (tertiary alicyclic amines) is 1. The fourth-order valence-electron chi connectivity index (χ4n) is 3.19. The summed E-state index contributed by atoms with van der Waals surface area (Å²) in [4.78, 5) is 18.6. The van der Waals surface area contributed by atoms with E-state index < -0.39 is 0 Å². The molecule has 118 valence electrons. The maximum atomic E-state index is 12.6. The molecule has 1 aromatic rings. The van der Waals surface area contributed by atoms with E-state index in [4.69, 9.17) is 4.74 Å². The number of carbonyl (C=O) groups excluding carboxylic acids is 1. The summed E-state index contributed by atoms with van der Waals surface area (Å²) in [6, 6.07) is 3.59. The number of pyridine rings is 1. The van der Waals surface area contributed by atoms with Gasteiger partial charge >= 0.3 is 0 Å². The molecule has 2 rings (SSSR count). The number of hydrogen-bond donors (Lipinski definition) is 0. The molecular weight excluding hydrogens is 276 g/mol. The van der Waals surface area contributed by atoms with Crippen LogP contribution in [0.5, 0.6) is 5.75 Å². The smallest absolute Gasteiger partial charge is 0.260 e. The normalized spacial score (nSPS) is 16.8. The van der Waals surface area contributed by atoms with Gasteiger partial charge in [-0.05, 0) is 44.2 Å². The summed E-state index contributed by atoms with van der Waals surface area (Å²) in [5.41, 5.74) is -0.183. The van der Waals surface area contributed by atoms with Crippen molar-refractivity contribution in [1.29, 1.82) is 0 Å². The first-order valence-corrected chi connectivity index (χ1v) is 7.77. The van der Waals surface area contributed by atoms with E-state index in [0.29, 0.717) is 5.75 Å². The fourth-order valence-corrected chi connectivity index (χ4v) is 3.19. The molecule has 1 aliphatic rings. The van der Waals surface area contributed by atoms with Crippen molar-refractivity contribution < 1.29 is 9.53 Å². The van der Waals surface area contributed by atoms with Gasteiger partial charge in [0.05, 0.1) is 6.20 Å². The van der Waals surface area contributed by atoms with Gasteiger partial charge in [0.15, 0.2) is 6.61 Å². The Kier molecular flexibility index (Phi) is 5.75. The molecule has 1 fully saturated rings. The zero-order valence-electron chi connectivity index (χ0n) is 13.0. The lowest BCUT2D eigenvalue weighted by Gasteiger charge is -2.46. The highest BCUT2D eigenvalue weighted by Gasteiger charge is 2.39. The molecule has 1 aromatic heterocycles. The molecule has 0 N–H and O–H groups in total. The average Bonchev–Trinajstić information content (AvgIpc) is 2.54. The van der Waals surface area contributed by atoms with E-state index in [1.165, 1.54) is 0 Å². The van der Waals surface area contributed by atoms with Crippen molar-refractivity contribution in [3.8, 4) is 5.75 Å². The van der Waals surface area contributed by atoms with Crippen molar-refractivity contribution in [2.24, 2.45) is 0 Å². The Balaban J connectivity index is 2.06. The fraction of sp³-hybridized carbons (Fsp3) is 0.444. The SMILES string of the molecule is C=CCC1(CC=C)CCCCN1C(=O)COc1cccnc1. The van der Waals surface area contributed by atoms with Crippen molar-refractivity contribution >= 4 is 5.91 Å². The third-order valence-corrected chi connectivity index (χ3v) is 4.19. The zero-order chi connectivity index (χ0) is 15.8. The lowest BCUT2D eigenvalue weighted by atomic mass is 9.80. The summed E-state index contributed by atoms with van der Waals surface area (Å²) in [6.45, 7) is 8.53. The van der Waals surface area contributed by atoms with Crippen LogP contribution in [-0.2, 0) is 4.79 Å². The minimum absolute atomic E-state index is 0.0206. The van der Waals surface area contributed by atoms with Gasteiger partial charge in [-0.25, -0.2) is 0 Å². The Morgan fingerprint density at radius 1 is 1.36 bits per heavy atom. The molecule has 1 amide bonds. The molecule has 1 saturated heterocycles. The zero-order valence-corrected chi connectivity index (χ0v) is 13.0. The van der Waals surface area contributed by atoms with Crippen LogP contribution in [0, 0.1) is 0 Å². The summed E-state index contributed by atoms with van der Waals surface area (Å²) in [5, 5.41) is 0.